The van der Waals surface area contributed by atoms with Gasteiger partial charge in [0.05, 0.1) is 14.2 Å². The Hall–Kier alpha value is -0.910. The first-order chi connectivity index (χ1) is 8.46. The fourth-order valence-corrected chi connectivity index (χ4v) is 1.48. The second-order valence-corrected chi connectivity index (χ2v) is 4.04. The molecule has 0 saturated carbocycles. The van der Waals surface area contributed by atoms with Gasteiger partial charge in [-0.3, -0.25) is 0 Å². The molecule has 0 aromatic heterocycles. The van der Waals surface area contributed by atoms with E-state index in [-0.39, 0.29) is 4.90 Å². The summed E-state index contributed by atoms with van der Waals surface area (Å²) in [5.74, 6) is 0. The van der Waals surface area contributed by atoms with Crippen molar-refractivity contribution in [3.8, 4) is 0 Å². The monoisotopic (exact) mass is 221 g/mol. The van der Waals surface area contributed by atoms with Gasteiger partial charge in [-0.1, -0.05) is 17.7 Å². The van der Waals surface area contributed by atoms with Gasteiger partial charge >= 0.3 is 10.1 Å². The number of hydrogen-bond acceptors (Lipinski definition) is 4. The van der Waals surface area contributed by atoms with Crippen molar-refractivity contribution in [2.24, 2.45) is 0 Å². The summed E-state index contributed by atoms with van der Waals surface area (Å²) < 4.78 is 61.8. The molecule has 0 spiro atoms. The van der Waals surface area contributed by atoms with Crippen LogP contribution < -0.4 is 0 Å². The fraction of sp³-hybridized carbons (Fsp3) is 0.333. The van der Waals surface area contributed by atoms with E-state index in [2.05, 4.69) is 9.22 Å². The van der Waals surface area contributed by atoms with Crippen LogP contribution in [0.1, 0.15) is 19.3 Å². The lowest BCUT2D eigenvalue weighted by molar-refractivity contribution is -0.196. The van der Waals surface area contributed by atoms with Gasteiger partial charge < -0.3 is 0 Å². The number of aryl methyl sites for hydroxylation is 1. The molecule has 0 heterocycles. The maximum atomic E-state index is 11.6. The first-order valence-electron chi connectivity index (χ1n) is 6.15. The van der Waals surface area contributed by atoms with Crippen LogP contribution in [0.4, 0.5) is 0 Å². The zero-order valence-electron chi connectivity index (χ0n) is 12.4. The molecule has 0 fully saturated rings. The predicted octanol–water partition coefficient (Wildman–Crippen LogP) is 1.65. The van der Waals surface area contributed by atoms with Crippen LogP contribution in [0.3, 0.4) is 0 Å². The highest BCUT2D eigenvalue weighted by Gasteiger charge is 2.15. The molecule has 0 unspecified atom stereocenters. The third-order valence-corrected chi connectivity index (χ3v) is 2.57. The molecule has 1 aromatic rings. The van der Waals surface area contributed by atoms with Crippen LogP contribution in [-0.4, -0.2) is 15.0 Å². The van der Waals surface area contributed by atoms with Gasteiger partial charge in [0, 0.05) is 4.11 Å². The lowest BCUT2D eigenvalue weighted by atomic mass is 10.2. The summed E-state index contributed by atoms with van der Waals surface area (Å²) in [4.78, 5) is 3.66. The highest BCUT2D eigenvalue weighted by Crippen LogP contribution is 2.13. The van der Waals surface area contributed by atoms with Gasteiger partial charge in [0.2, 0.25) is 0 Å². The maximum Gasteiger partial charge on any atom is 0.323 e. The molecule has 0 atom stereocenters. The van der Waals surface area contributed by atoms with Gasteiger partial charge in [0.25, 0.3) is 0 Å². The van der Waals surface area contributed by atoms with Crippen molar-refractivity contribution >= 4 is 10.1 Å². The van der Waals surface area contributed by atoms with E-state index in [1.54, 1.807) is 6.92 Å². The third kappa shape index (κ3) is 2.80. The molecular weight excluding hydrogens is 204 g/mol. The second-order valence-electron chi connectivity index (χ2n) is 2.52. The molecule has 0 bridgehead atoms. The van der Waals surface area contributed by atoms with E-state index < -0.39 is 23.5 Å². The van der Waals surface area contributed by atoms with E-state index in [1.165, 1.54) is 24.3 Å². The zero-order chi connectivity index (χ0) is 14.9. The molecule has 0 aliphatic rings. The van der Waals surface area contributed by atoms with Crippen molar-refractivity contribution in [3.63, 3.8) is 0 Å². The van der Waals surface area contributed by atoms with Gasteiger partial charge in [0.15, 0.2) is 0 Å². The minimum atomic E-state index is -4.38. The van der Waals surface area contributed by atoms with Gasteiger partial charge in [-0.25, -0.2) is 4.89 Å². The number of hydrogen-bond donors (Lipinski definition) is 0. The van der Waals surface area contributed by atoms with Crippen LogP contribution in [0.25, 0.3) is 0 Å². The summed E-state index contributed by atoms with van der Waals surface area (Å²) in [7, 11) is -4.38. The molecule has 0 amide bonds. The smallest absolute Gasteiger partial charge is 0.220 e. The Morgan fingerprint density at radius 3 is 2.64 bits per heavy atom. The predicted molar refractivity (Wildman–Crippen MR) is 51.1 cm³/mol. The quantitative estimate of drug-likeness (QED) is 0.573. The van der Waals surface area contributed by atoms with E-state index in [0.717, 1.165) is 5.56 Å². The molecule has 0 aliphatic heterocycles. The van der Waals surface area contributed by atoms with E-state index in [1.807, 2.05) is 0 Å². The molecule has 78 valence electrons. The lowest BCUT2D eigenvalue weighted by Crippen LogP contribution is -2.06. The van der Waals surface area contributed by atoms with Gasteiger partial charge in [-0.2, -0.15) is 8.42 Å². The summed E-state index contributed by atoms with van der Waals surface area (Å²) in [5, 5.41) is 0. The largest absolute Gasteiger partial charge is 0.323 e. The molecule has 0 saturated heterocycles. The Balaban J connectivity index is 2.85. The standard InChI is InChI=1S/C9H12O4S/c1-3-12-13-14(10,11)9-6-4-8(2)5-7-9/h4-7H,3H2,1-2H3/i1D3,3D2. The third-order valence-electron chi connectivity index (χ3n) is 1.47. The molecule has 1 aromatic carbocycles. The average molecular weight is 221 g/mol. The Bertz CT molecular complexity index is 535. The SMILES string of the molecule is [2H]C([2H])([2H])C([2H])([2H])OOS(=O)(=O)c1ccc(C)cc1. The topological polar surface area (TPSA) is 52.6 Å². The van der Waals surface area contributed by atoms with Crippen molar-refractivity contribution in [2.75, 3.05) is 6.56 Å². The Morgan fingerprint density at radius 2 is 2.07 bits per heavy atom. The first kappa shape index (κ1) is 5.85. The second kappa shape index (κ2) is 4.54. The van der Waals surface area contributed by atoms with Crippen LogP contribution in [0, 0.1) is 6.92 Å². The summed E-state index contributed by atoms with van der Waals surface area (Å²) >= 11 is 0. The normalized spacial score (nSPS) is 18.8. The van der Waals surface area contributed by atoms with Crippen LogP contribution in [0.15, 0.2) is 29.2 Å². The van der Waals surface area contributed by atoms with Crippen molar-refractivity contribution < 1.29 is 24.5 Å². The Kier molecular flexibility index (Phi) is 1.90. The van der Waals surface area contributed by atoms with E-state index in [0.29, 0.717) is 0 Å². The van der Waals surface area contributed by atoms with Crippen LogP contribution >= 0.6 is 0 Å². The molecular formula is C9H12O4S. The van der Waals surface area contributed by atoms with Crippen molar-refractivity contribution in [3.05, 3.63) is 29.8 Å². The van der Waals surface area contributed by atoms with E-state index >= 15 is 0 Å². The fourth-order valence-electron chi connectivity index (χ4n) is 0.806. The molecule has 5 heteroatoms. The number of benzene rings is 1. The summed E-state index contributed by atoms with van der Waals surface area (Å²) in [6, 6.07) is 5.49. The molecule has 0 aliphatic carbocycles. The van der Waals surface area contributed by atoms with Gasteiger partial charge in [-0.15, -0.1) is 4.33 Å². The number of rotatable bonds is 4. The maximum absolute atomic E-state index is 11.6. The summed E-state index contributed by atoms with van der Waals surface area (Å²) in [6.45, 7) is -4.65. The van der Waals surface area contributed by atoms with E-state index in [4.69, 9.17) is 6.85 Å². The van der Waals surface area contributed by atoms with Gasteiger partial charge in [-0.05, 0) is 25.9 Å². The molecule has 4 nitrogen and oxygen atoms in total. The Morgan fingerprint density at radius 1 is 1.43 bits per heavy atom. The van der Waals surface area contributed by atoms with Crippen molar-refractivity contribution in [2.45, 2.75) is 18.7 Å². The van der Waals surface area contributed by atoms with Crippen molar-refractivity contribution in [1.29, 1.82) is 0 Å². The summed E-state index contributed by atoms with van der Waals surface area (Å²) in [5.41, 5.74) is 0.817. The van der Waals surface area contributed by atoms with Crippen LogP contribution in [0.5, 0.6) is 0 Å². The van der Waals surface area contributed by atoms with Gasteiger partial charge in [0.1, 0.15) is 0 Å². The molecule has 1 rings (SSSR count). The Labute approximate surface area is 90.5 Å². The highest BCUT2D eigenvalue weighted by atomic mass is 32.2. The average Bonchev–Trinajstić information content (AvgIpc) is 2.26. The molecule has 14 heavy (non-hydrogen) atoms. The van der Waals surface area contributed by atoms with Crippen LogP contribution in [-0.2, 0) is 19.3 Å². The van der Waals surface area contributed by atoms with E-state index in [9.17, 15) is 8.42 Å². The minimum absolute atomic E-state index is 0.264. The molecule has 0 radical (unpaired) electrons. The first-order valence-corrected chi connectivity index (χ1v) is 5.05. The minimum Gasteiger partial charge on any atom is -0.220 e. The van der Waals surface area contributed by atoms with Crippen LogP contribution in [0.2, 0.25) is 0 Å². The summed E-state index contributed by atoms with van der Waals surface area (Å²) in [6.07, 6.45) is 0. The highest BCUT2D eigenvalue weighted by molar-refractivity contribution is 7.86. The lowest BCUT2D eigenvalue weighted by Gasteiger charge is -2.03. The molecule has 0 N–H and O–H groups in total. The van der Waals surface area contributed by atoms with Crippen molar-refractivity contribution in [1.82, 2.24) is 0 Å². The zero-order valence-corrected chi connectivity index (χ0v) is 8.17.